The minimum absolute atomic E-state index is 0. The zero-order valence-electron chi connectivity index (χ0n) is 9.21. The molecule has 0 atom stereocenters. The van der Waals surface area contributed by atoms with E-state index in [0.29, 0.717) is 5.92 Å². The van der Waals surface area contributed by atoms with Gasteiger partial charge < -0.3 is 0 Å². The van der Waals surface area contributed by atoms with Gasteiger partial charge in [-0.05, 0) is 29.0 Å². The maximum Gasteiger partial charge on any atom is 0.126 e. The third kappa shape index (κ3) is 2.86. The van der Waals surface area contributed by atoms with Crippen LogP contribution in [0.15, 0.2) is 18.2 Å². The van der Waals surface area contributed by atoms with E-state index in [4.69, 9.17) is 0 Å². The zero-order valence-corrected chi connectivity index (χ0v) is 10.6. The Morgan fingerprint density at radius 1 is 1.00 bits per heavy atom. The van der Waals surface area contributed by atoms with Crippen molar-refractivity contribution >= 4 is 0 Å². The number of hydrogen-bond acceptors (Lipinski definition) is 0. The fourth-order valence-electron chi connectivity index (χ4n) is 1.67. The first kappa shape index (κ1) is 13.7. The van der Waals surface area contributed by atoms with Crippen LogP contribution in [0.4, 0.5) is 4.39 Å². The molecule has 77 valence electrons. The van der Waals surface area contributed by atoms with Crippen LogP contribution >= 0.6 is 0 Å². The largest absolute Gasteiger partial charge is 0.207 e. The van der Waals surface area contributed by atoms with Crippen molar-refractivity contribution in [1.29, 1.82) is 0 Å². The van der Waals surface area contributed by atoms with E-state index in [9.17, 15) is 4.39 Å². The maximum atomic E-state index is 13.5. The van der Waals surface area contributed by atoms with Crippen molar-refractivity contribution in [2.75, 3.05) is 0 Å². The van der Waals surface area contributed by atoms with Crippen LogP contribution in [-0.2, 0) is 18.6 Å². The van der Waals surface area contributed by atoms with Gasteiger partial charge in [0.2, 0.25) is 0 Å². The molecule has 0 aromatic heterocycles. The van der Waals surface area contributed by atoms with Gasteiger partial charge in [0.15, 0.2) is 0 Å². The molecule has 0 saturated carbocycles. The van der Waals surface area contributed by atoms with Gasteiger partial charge >= 0.3 is 0 Å². The van der Waals surface area contributed by atoms with E-state index in [1.807, 2.05) is 19.9 Å². The van der Waals surface area contributed by atoms with Crippen LogP contribution in [0, 0.1) is 5.82 Å². The molecule has 0 heterocycles. The summed E-state index contributed by atoms with van der Waals surface area (Å²) < 4.78 is 13.5. The van der Waals surface area contributed by atoms with E-state index in [-0.39, 0.29) is 30.3 Å². The monoisotopic (exact) mass is 231 g/mol. The van der Waals surface area contributed by atoms with Crippen molar-refractivity contribution in [2.24, 2.45) is 0 Å². The van der Waals surface area contributed by atoms with Gasteiger partial charge in [0.25, 0.3) is 0 Å². The average molecular weight is 231 g/mol. The summed E-state index contributed by atoms with van der Waals surface area (Å²) in [6.07, 6.45) is 0. The summed E-state index contributed by atoms with van der Waals surface area (Å²) in [7, 11) is 0. The second kappa shape index (κ2) is 5.58. The Morgan fingerprint density at radius 2 is 1.57 bits per heavy atom. The summed E-state index contributed by atoms with van der Waals surface area (Å²) in [5, 5.41) is 0. The third-order valence-corrected chi connectivity index (χ3v) is 2.29. The molecular formula is C12H17FV. The van der Waals surface area contributed by atoms with E-state index >= 15 is 0 Å². The van der Waals surface area contributed by atoms with Crippen LogP contribution < -0.4 is 0 Å². The molecule has 0 bridgehead atoms. The van der Waals surface area contributed by atoms with Crippen molar-refractivity contribution in [3.63, 3.8) is 0 Å². The predicted molar refractivity (Wildman–Crippen MR) is 54.6 cm³/mol. The van der Waals surface area contributed by atoms with Gasteiger partial charge in [0.1, 0.15) is 5.82 Å². The molecule has 14 heavy (non-hydrogen) atoms. The average Bonchev–Trinajstić information content (AvgIpc) is 2.02. The van der Waals surface area contributed by atoms with Crippen molar-refractivity contribution in [3.05, 3.63) is 35.1 Å². The molecule has 0 aliphatic rings. The number of rotatable bonds is 2. The van der Waals surface area contributed by atoms with Crippen LogP contribution in [-0.4, -0.2) is 0 Å². The second-order valence-electron chi connectivity index (χ2n) is 4.05. The summed E-state index contributed by atoms with van der Waals surface area (Å²) in [6.45, 7) is 8.26. The van der Waals surface area contributed by atoms with Crippen molar-refractivity contribution < 1.29 is 22.9 Å². The second-order valence-corrected chi connectivity index (χ2v) is 4.05. The van der Waals surface area contributed by atoms with E-state index in [2.05, 4.69) is 13.8 Å². The Hall–Kier alpha value is -0.266. The molecule has 0 amide bonds. The van der Waals surface area contributed by atoms with Gasteiger partial charge in [0, 0.05) is 18.6 Å². The van der Waals surface area contributed by atoms with E-state index in [0.717, 1.165) is 11.1 Å². The van der Waals surface area contributed by atoms with Crippen LogP contribution in [0.5, 0.6) is 0 Å². The molecule has 0 N–H and O–H groups in total. The minimum atomic E-state index is -0.0683. The minimum Gasteiger partial charge on any atom is -0.207 e. The van der Waals surface area contributed by atoms with Crippen LogP contribution in [0.25, 0.3) is 0 Å². The van der Waals surface area contributed by atoms with Gasteiger partial charge in [0.05, 0.1) is 0 Å². The molecule has 1 radical (unpaired) electrons. The molecular weight excluding hydrogens is 214 g/mol. The van der Waals surface area contributed by atoms with Crippen LogP contribution in [0.3, 0.4) is 0 Å². The molecule has 0 nitrogen and oxygen atoms in total. The molecule has 0 aliphatic carbocycles. The van der Waals surface area contributed by atoms with Gasteiger partial charge in [-0.25, -0.2) is 4.39 Å². The normalized spacial score (nSPS) is 10.5. The third-order valence-electron chi connectivity index (χ3n) is 2.29. The molecule has 0 fully saturated rings. The van der Waals surface area contributed by atoms with Crippen LogP contribution in [0.2, 0.25) is 0 Å². The van der Waals surface area contributed by atoms with Gasteiger partial charge in [-0.15, -0.1) is 0 Å². The first-order chi connectivity index (χ1) is 6.04. The Morgan fingerprint density at radius 3 is 1.93 bits per heavy atom. The van der Waals surface area contributed by atoms with E-state index in [1.165, 1.54) is 0 Å². The smallest absolute Gasteiger partial charge is 0.126 e. The summed E-state index contributed by atoms with van der Waals surface area (Å²) in [6, 6.07) is 5.35. The summed E-state index contributed by atoms with van der Waals surface area (Å²) in [4.78, 5) is 0. The van der Waals surface area contributed by atoms with Gasteiger partial charge in [-0.3, -0.25) is 0 Å². The Balaban J connectivity index is 0.00000169. The SMILES string of the molecule is CC(C)c1cccc(F)c1C(C)C.[V]. The topological polar surface area (TPSA) is 0 Å². The molecule has 1 aromatic rings. The molecule has 0 spiro atoms. The molecule has 1 rings (SSSR count). The number of halogens is 1. The van der Waals surface area contributed by atoms with E-state index < -0.39 is 0 Å². The Kier molecular flexibility index (Phi) is 5.47. The Labute approximate surface area is 97.8 Å². The number of benzene rings is 1. The zero-order chi connectivity index (χ0) is 10.0. The molecule has 0 unspecified atom stereocenters. The Bertz CT molecular complexity index is 292. The van der Waals surface area contributed by atoms with E-state index in [1.54, 1.807) is 12.1 Å². The summed E-state index contributed by atoms with van der Waals surface area (Å²) in [5.41, 5.74) is 2.01. The standard InChI is InChI=1S/C12H17F.V/c1-8(2)10-6-5-7-11(13)12(10)9(3)4;/h5-9H,1-4H3;. The van der Waals surface area contributed by atoms with Gasteiger partial charge in [-0.1, -0.05) is 39.8 Å². The fourth-order valence-corrected chi connectivity index (χ4v) is 1.67. The predicted octanol–water partition coefficient (Wildman–Crippen LogP) is 4.07. The molecule has 0 aliphatic heterocycles. The first-order valence-corrected chi connectivity index (χ1v) is 4.82. The van der Waals surface area contributed by atoms with Crippen LogP contribution in [0.1, 0.15) is 50.7 Å². The molecule has 0 saturated heterocycles. The fraction of sp³-hybridized carbons (Fsp3) is 0.500. The molecule has 1 aromatic carbocycles. The first-order valence-electron chi connectivity index (χ1n) is 4.82. The van der Waals surface area contributed by atoms with Crippen molar-refractivity contribution in [2.45, 2.75) is 39.5 Å². The van der Waals surface area contributed by atoms with Crippen molar-refractivity contribution in [1.82, 2.24) is 0 Å². The number of hydrogen-bond donors (Lipinski definition) is 0. The van der Waals surface area contributed by atoms with Gasteiger partial charge in [-0.2, -0.15) is 0 Å². The quantitative estimate of drug-likeness (QED) is 0.719. The van der Waals surface area contributed by atoms with Crippen molar-refractivity contribution in [3.8, 4) is 0 Å². The summed E-state index contributed by atoms with van der Waals surface area (Å²) >= 11 is 0. The maximum absolute atomic E-state index is 13.5. The summed E-state index contributed by atoms with van der Waals surface area (Å²) in [5.74, 6) is 0.591. The molecule has 2 heteroatoms.